The van der Waals surface area contributed by atoms with Crippen LogP contribution in [-0.4, -0.2) is 51.8 Å². The van der Waals surface area contributed by atoms with Crippen LogP contribution in [0.15, 0.2) is 0 Å². The Hall–Kier alpha value is 0.354. The van der Waals surface area contributed by atoms with Gasteiger partial charge < -0.3 is 9.13 Å². The second-order valence-corrected chi connectivity index (χ2v) is 17.3. The average molecular weight is 315 g/mol. The van der Waals surface area contributed by atoms with Crippen molar-refractivity contribution in [1.29, 1.82) is 0 Å². The van der Waals surface area contributed by atoms with Gasteiger partial charge in [0.1, 0.15) is 16.5 Å². The van der Waals surface area contributed by atoms with Gasteiger partial charge >= 0.3 is 0 Å². The maximum absolute atomic E-state index is 2.88. The van der Waals surface area contributed by atoms with Crippen molar-refractivity contribution in [2.75, 3.05) is 26.2 Å². The third kappa shape index (κ3) is 5.28. The van der Waals surface area contributed by atoms with Crippen LogP contribution in [-0.2, 0) is 0 Å². The Bertz CT molecular complexity index is 244. The molecule has 1 heterocycles. The molecular weight excluding hydrogens is 276 g/mol. The van der Waals surface area contributed by atoms with Crippen LogP contribution in [0.25, 0.3) is 0 Å². The first kappa shape index (κ1) is 18.4. The minimum atomic E-state index is -1.12. The van der Waals surface area contributed by atoms with E-state index in [1.54, 1.807) is 0 Å². The Morgan fingerprint density at radius 3 is 1.20 bits per heavy atom. The van der Waals surface area contributed by atoms with E-state index in [1.807, 2.05) is 0 Å². The van der Waals surface area contributed by atoms with Crippen LogP contribution < -0.4 is 0 Å². The molecule has 1 aliphatic heterocycles. The predicted octanol–water partition coefficient (Wildman–Crippen LogP) is 4.61. The lowest BCUT2D eigenvalue weighted by atomic mass is 10.4. The number of rotatable bonds is 8. The van der Waals surface area contributed by atoms with E-state index >= 15 is 0 Å². The molecule has 0 aliphatic carbocycles. The van der Waals surface area contributed by atoms with Crippen LogP contribution >= 0.6 is 0 Å². The van der Waals surface area contributed by atoms with Gasteiger partial charge in [-0.3, -0.25) is 0 Å². The molecule has 120 valence electrons. The zero-order chi connectivity index (χ0) is 15.2. The Balaban J connectivity index is 2.46. The van der Waals surface area contributed by atoms with E-state index in [4.69, 9.17) is 0 Å². The number of piperazine rings is 1. The fraction of sp³-hybridized carbons (Fsp3) is 1.00. The van der Waals surface area contributed by atoms with Crippen molar-refractivity contribution in [3.8, 4) is 0 Å². The molecular formula is C16H38N2Si2. The van der Waals surface area contributed by atoms with E-state index < -0.39 is 16.5 Å². The SMILES string of the molecule is CCCC[Si](C)(C)N1CCN([Si](C)(C)CCCC)CC1. The van der Waals surface area contributed by atoms with Crippen LogP contribution in [0.5, 0.6) is 0 Å². The third-order valence-corrected chi connectivity index (χ3v) is 12.7. The molecule has 1 aliphatic rings. The van der Waals surface area contributed by atoms with Crippen LogP contribution in [0, 0.1) is 0 Å². The van der Waals surface area contributed by atoms with Crippen molar-refractivity contribution in [2.24, 2.45) is 0 Å². The number of nitrogens with zero attached hydrogens (tertiary/aromatic N) is 2. The number of unbranched alkanes of at least 4 members (excludes halogenated alkanes) is 2. The zero-order valence-electron chi connectivity index (χ0n) is 15.0. The van der Waals surface area contributed by atoms with Gasteiger partial charge in [-0.1, -0.05) is 65.7 Å². The van der Waals surface area contributed by atoms with Crippen LogP contribution in [0.2, 0.25) is 38.3 Å². The largest absolute Gasteiger partial charge is 0.321 e. The summed E-state index contributed by atoms with van der Waals surface area (Å²) in [5, 5.41) is 0. The second kappa shape index (κ2) is 8.11. The lowest BCUT2D eigenvalue weighted by Gasteiger charge is -2.47. The molecule has 2 nitrogen and oxygen atoms in total. The van der Waals surface area contributed by atoms with E-state index in [2.05, 4.69) is 49.2 Å². The summed E-state index contributed by atoms with van der Waals surface area (Å²) >= 11 is 0. The van der Waals surface area contributed by atoms with Gasteiger partial charge in [0.25, 0.3) is 0 Å². The standard InChI is InChI=1S/C16H38N2Si2/c1-7-9-15-19(3,4)17-11-13-18(14-12-17)20(5,6)16-10-8-2/h7-16H2,1-6H3. The highest BCUT2D eigenvalue weighted by Crippen LogP contribution is 2.24. The van der Waals surface area contributed by atoms with Gasteiger partial charge in [-0.05, 0) is 12.1 Å². The van der Waals surface area contributed by atoms with Crippen LogP contribution in [0.4, 0.5) is 0 Å². The zero-order valence-corrected chi connectivity index (χ0v) is 17.0. The molecule has 0 aromatic heterocycles. The van der Waals surface area contributed by atoms with E-state index in [-0.39, 0.29) is 0 Å². The maximum atomic E-state index is 2.88. The molecule has 0 unspecified atom stereocenters. The van der Waals surface area contributed by atoms with Crippen molar-refractivity contribution < 1.29 is 0 Å². The summed E-state index contributed by atoms with van der Waals surface area (Å²) in [4.78, 5) is 0. The summed E-state index contributed by atoms with van der Waals surface area (Å²) in [6.07, 6.45) is 5.56. The topological polar surface area (TPSA) is 6.48 Å². The van der Waals surface area contributed by atoms with Gasteiger partial charge in [0, 0.05) is 26.2 Å². The molecule has 20 heavy (non-hydrogen) atoms. The molecule has 1 rings (SSSR count). The van der Waals surface area contributed by atoms with E-state index in [0.717, 1.165) is 0 Å². The predicted molar refractivity (Wildman–Crippen MR) is 97.5 cm³/mol. The summed E-state index contributed by atoms with van der Waals surface area (Å²) in [7, 11) is -2.23. The van der Waals surface area contributed by atoms with Crippen molar-refractivity contribution in [3.63, 3.8) is 0 Å². The molecule has 0 aromatic carbocycles. The van der Waals surface area contributed by atoms with Gasteiger partial charge in [0.15, 0.2) is 0 Å². The van der Waals surface area contributed by atoms with Crippen molar-refractivity contribution >= 4 is 16.5 Å². The normalized spacial score (nSPS) is 19.5. The molecule has 0 amide bonds. The maximum Gasteiger partial charge on any atom is 0.122 e. The molecule has 1 saturated heterocycles. The molecule has 0 spiro atoms. The fourth-order valence-electron chi connectivity index (χ4n) is 3.45. The molecule has 0 aromatic rings. The monoisotopic (exact) mass is 314 g/mol. The fourth-order valence-corrected chi connectivity index (χ4v) is 9.34. The van der Waals surface area contributed by atoms with Crippen molar-refractivity contribution in [2.45, 2.75) is 77.8 Å². The van der Waals surface area contributed by atoms with Gasteiger partial charge in [-0.25, -0.2) is 0 Å². The van der Waals surface area contributed by atoms with Crippen molar-refractivity contribution in [1.82, 2.24) is 9.13 Å². The summed E-state index contributed by atoms with van der Waals surface area (Å²) in [6, 6.07) is 2.97. The van der Waals surface area contributed by atoms with Gasteiger partial charge in [-0.15, -0.1) is 0 Å². The second-order valence-electron chi connectivity index (χ2n) is 7.81. The first-order valence-corrected chi connectivity index (χ1v) is 15.1. The highest BCUT2D eigenvalue weighted by Gasteiger charge is 2.36. The minimum Gasteiger partial charge on any atom is -0.321 e. The average Bonchev–Trinajstić information content (AvgIpc) is 2.43. The third-order valence-electron chi connectivity index (χ3n) is 5.28. The first-order valence-electron chi connectivity index (χ1n) is 8.83. The molecule has 0 radical (unpaired) electrons. The molecule has 0 saturated carbocycles. The molecule has 1 fully saturated rings. The van der Waals surface area contributed by atoms with Gasteiger partial charge in [0.2, 0.25) is 0 Å². The lowest BCUT2D eigenvalue weighted by molar-refractivity contribution is 0.260. The summed E-state index contributed by atoms with van der Waals surface area (Å²) in [5.74, 6) is 0. The minimum absolute atomic E-state index is 1.12. The molecule has 4 heteroatoms. The lowest BCUT2D eigenvalue weighted by Crippen LogP contribution is -2.62. The Labute approximate surface area is 130 Å². The van der Waals surface area contributed by atoms with Gasteiger partial charge in [-0.2, -0.15) is 0 Å². The summed E-state index contributed by atoms with van der Waals surface area (Å²) in [5.41, 5.74) is 0. The first-order chi connectivity index (χ1) is 9.33. The Morgan fingerprint density at radius 2 is 0.950 bits per heavy atom. The highest BCUT2D eigenvalue weighted by molar-refractivity contribution is 6.75. The number of hydrogen-bond acceptors (Lipinski definition) is 2. The Morgan fingerprint density at radius 1 is 0.650 bits per heavy atom. The van der Waals surface area contributed by atoms with Crippen molar-refractivity contribution in [3.05, 3.63) is 0 Å². The van der Waals surface area contributed by atoms with E-state index in [9.17, 15) is 0 Å². The van der Waals surface area contributed by atoms with Crippen LogP contribution in [0.3, 0.4) is 0 Å². The molecule has 0 atom stereocenters. The van der Waals surface area contributed by atoms with E-state index in [1.165, 1.54) is 64.0 Å². The summed E-state index contributed by atoms with van der Waals surface area (Å²) < 4.78 is 5.76. The highest BCUT2D eigenvalue weighted by atomic mass is 28.3. The Kier molecular flexibility index (Phi) is 7.46. The van der Waals surface area contributed by atoms with E-state index in [0.29, 0.717) is 0 Å². The quantitative estimate of drug-likeness (QED) is 0.603. The number of hydrogen-bond donors (Lipinski definition) is 0. The molecule has 0 N–H and O–H groups in total. The van der Waals surface area contributed by atoms with Gasteiger partial charge in [0.05, 0.1) is 0 Å². The van der Waals surface area contributed by atoms with Crippen LogP contribution in [0.1, 0.15) is 39.5 Å². The summed E-state index contributed by atoms with van der Waals surface area (Å²) in [6.45, 7) is 20.3. The smallest absolute Gasteiger partial charge is 0.122 e. The molecule has 0 bridgehead atoms.